The van der Waals surface area contributed by atoms with E-state index in [9.17, 15) is 4.39 Å². The fraction of sp³-hybridized carbons (Fsp3) is 0.304. The maximum Gasteiger partial charge on any atom is 0.167 e. The molecule has 1 saturated carbocycles. The first kappa shape index (κ1) is 21.2. The molecule has 0 amide bonds. The zero-order chi connectivity index (χ0) is 23.2. The molecule has 0 atom stereocenters. The van der Waals surface area contributed by atoms with Gasteiger partial charge in [0.2, 0.25) is 0 Å². The number of nitrogens with zero attached hydrogens (tertiary/aromatic N) is 7. The largest absolute Gasteiger partial charge is 0.326 e. The van der Waals surface area contributed by atoms with Crippen LogP contribution in [0.2, 0.25) is 5.02 Å². The molecule has 0 saturated heterocycles. The smallest absolute Gasteiger partial charge is 0.167 e. The standard InChI is InChI=1S/C23H23ClFN9/c24-19-3-4-32-13-28-20(22(32)21(19)25)8-27-7-17-11-34(31-30-17)12-18-10-33-9-16(14-1-2-14)5-15(6-26)23(33)29-18/h3-5,9-11,13-14,27H,1-2,6-8,12,26H2. The van der Waals surface area contributed by atoms with Crippen molar-refractivity contribution in [3.8, 4) is 0 Å². The van der Waals surface area contributed by atoms with E-state index in [2.05, 4.69) is 37.3 Å². The lowest BCUT2D eigenvalue weighted by atomic mass is 10.1. The molecule has 0 spiro atoms. The summed E-state index contributed by atoms with van der Waals surface area (Å²) < 4.78 is 19.8. The highest BCUT2D eigenvalue weighted by Gasteiger charge is 2.25. The Morgan fingerprint density at radius 1 is 1.15 bits per heavy atom. The Morgan fingerprint density at radius 3 is 2.85 bits per heavy atom. The van der Waals surface area contributed by atoms with Crippen molar-refractivity contribution in [1.82, 2.24) is 39.1 Å². The molecule has 1 aliphatic rings. The third kappa shape index (κ3) is 3.93. The van der Waals surface area contributed by atoms with Crippen LogP contribution in [0.3, 0.4) is 0 Å². The maximum absolute atomic E-state index is 14.4. The zero-order valence-electron chi connectivity index (χ0n) is 18.3. The van der Waals surface area contributed by atoms with E-state index in [0.717, 1.165) is 22.6 Å². The summed E-state index contributed by atoms with van der Waals surface area (Å²) in [5, 5.41) is 11.8. The van der Waals surface area contributed by atoms with Crippen molar-refractivity contribution in [2.45, 2.75) is 44.9 Å². The molecule has 9 nitrogen and oxygen atoms in total. The second kappa shape index (κ2) is 8.46. The molecule has 0 aromatic carbocycles. The van der Waals surface area contributed by atoms with Crippen LogP contribution in [-0.4, -0.2) is 33.8 Å². The van der Waals surface area contributed by atoms with E-state index in [4.69, 9.17) is 22.3 Å². The molecule has 1 fully saturated rings. The molecule has 0 bridgehead atoms. The van der Waals surface area contributed by atoms with Crippen molar-refractivity contribution < 1.29 is 4.39 Å². The van der Waals surface area contributed by atoms with Gasteiger partial charge in [0.1, 0.15) is 11.2 Å². The van der Waals surface area contributed by atoms with Crippen molar-refractivity contribution in [3.05, 3.63) is 82.3 Å². The number of nitrogens with two attached hydrogens (primary N) is 1. The monoisotopic (exact) mass is 479 g/mol. The summed E-state index contributed by atoms with van der Waals surface area (Å²) in [4.78, 5) is 9.06. The number of halogens is 2. The van der Waals surface area contributed by atoms with Gasteiger partial charge in [0.25, 0.3) is 0 Å². The van der Waals surface area contributed by atoms with E-state index in [0.29, 0.717) is 43.3 Å². The Kier molecular flexibility index (Phi) is 5.28. The molecular weight excluding hydrogens is 457 g/mol. The van der Waals surface area contributed by atoms with Gasteiger partial charge in [-0.15, -0.1) is 5.10 Å². The summed E-state index contributed by atoms with van der Waals surface area (Å²) >= 11 is 5.91. The minimum absolute atomic E-state index is 0.0754. The fourth-order valence-electron chi connectivity index (χ4n) is 4.30. The van der Waals surface area contributed by atoms with Gasteiger partial charge in [0.05, 0.1) is 41.2 Å². The summed E-state index contributed by atoms with van der Waals surface area (Å²) in [7, 11) is 0. The van der Waals surface area contributed by atoms with Gasteiger partial charge in [-0.1, -0.05) is 16.8 Å². The number of aromatic nitrogens is 7. The summed E-state index contributed by atoms with van der Waals surface area (Å²) in [5.41, 5.74) is 11.9. The number of rotatable bonds is 8. The Balaban J connectivity index is 1.13. The molecule has 5 aromatic rings. The van der Waals surface area contributed by atoms with E-state index in [1.54, 1.807) is 21.6 Å². The highest BCUT2D eigenvalue weighted by Crippen LogP contribution is 2.40. The normalized spacial score (nSPS) is 14.0. The molecular formula is C23H23ClFN9. The third-order valence-electron chi connectivity index (χ3n) is 6.14. The molecule has 3 N–H and O–H groups in total. The van der Waals surface area contributed by atoms with Crippen molar-refractivity contribution >= 4 is 22.8 Å². The number of pyridine rings is 2. The Bertz CT molecular complexity index is 1500. The van der Waals surface area contributed by atoms with Crippen LogP contribution in [0.4, 0.5) is 4.39 Å². The van der Waals surface area contributed by atoms with Gasteiger partial charge in [0.15, 0.2) is 5.82 Å². The highest BCUT2D eigenvalue weighted by molar-refractivity contribution is 6.31. The molecule has 5 aromatic heterocycles. The van der Waals surface area contributed by atoms with Gasteiger partial charge < -0.3 is 19.9 Å². The van der Waals surface area contributed by atoms with Crippen LogP contribution in [0.5, 0.6) is 0 Å². The van der Waals surface area contributed by atoms with E-state index < -0.39 is 5.82 Å². The number of fused-ring (bicyclic) bond motifs is 2. The highest BCUT2D eigenvalue weighted by atomic mass is 35.5. The van der Waals surface area contributed by atoms with E-state index >= 15 is 0 Å². The van der Waals surface area contributed by atoms with Gasteiger partial charge in [0, 0.05) is 43.8 Å². The molecule has 6 rings (SSSR count). The van der Waals surface area contributed by atoms with Gasteiger partial charge >= 0.3 is 0 Å². The van der Waals surface area contributed by atoms with E-state index in [-0.39, 0.29) is 5.02 Å². The minimum Gasteiger partial charge on any atom is -0.326 e. The predicted molar refractivity (Wildman–Crippen MR) is 125 cm³/mol. The number of hydrogen-bond donors (Lipinski definition) is 2. The summed E-state index contributed by atoms with van der Waals surface area (Å²) in [6.45, 7) is 1.81. The molecule has 11 heteroatoms. The van der Waals surface area contributed by atoms with Crippen LogP contribution in [0.1, 0.15) is 47.0 Å². The first-order valence-corrected chi connectivity index (χ1v) is 11.6. The lowest BCUT2D eigenvalue weighted by molar-refractivity contribution is 0.627. The topological polar surface area (TPSA) is 103 Å². The van der Waals surface area contributed by atoms with E-state index in [1.807, 2.05) is 12.4 Å². The van der Waals surface area contributed by atoms with Crippen LogP contribution in [0.15, 0.2) is 43.2 Å². The lowest BCUT2D eigenvalue weighted by Crippen LogP contribution is -2.13. The third-order valence-corrected chi connectivity index (χ3v) is 6.44. The van der Waals surface area contributed by atoms with Gasteiger partial charge in [-0.05, 0) is 36.5 Å². The van der Waals surface area contributed by atoms with Gasteiger partial charge in [-0.2, -0.15) is 0 Å². The molecule has 34 heavy (non-hydrogen) atoms. The number of nitrogens with one attached hydrogen (secondary N) is 1. The molecule has 1 aliphatic carbocycles. The maximum atomic E-state index is 14.4. The summed E-state index contributed by atoms with van der Waals surface area (Å²) in [6, 6.07) is 3.69. The Morgan fingerprint density at radius 2 is 2.03 bits per heavy atom. The van der Waals surface area contributed by atoms with Crippen LogP contribution in [0, 0.1) is 5.82 Å². The van der Waals surface area contributed by atoms with E-state index in [1.165, 1.54) is 24.5 Å². The van der Waals surface area contributed by atoms with Crippen molar-refractivity contribution in [2.75, 3.05) is 0 Å². The summed E-state index contributed by atoms with van der Waals surface area (Å²) in [5.74, 6) is 0.179. The molecule has 0 aliphatic heterocycles. The molecule has 0 radical (unpaired) electrons. The average molecular weight is 480 g/mol. The van der Waals surface area contributed by atoms with Crippen molar-refractivity contribution in [1.29, 1.82) is 0 Å². The minimum atomic E-state index is -0.473. The first-order valence-electron chi connectivity index (χ1n) is 11.2. The zero-order valence-corrected chi connectivity index (χ0v) is 19.1. The lowest BCUT2D eigenvalue weighted by Gasteiger charge is -2.05. The van der Waals surface area contributed by atoms with Crippen molar-refractivity contribution in [3.63, 3.8) is 0 Å². The second-order valence-corrected chi connectivity index (χ2v) is 9.08. The number of imidazole rings is 2. The number of hydrogen-bond acceptors (Lipinski definition) is 6. The average Bonchev–Trinajstić information content (AvgIpc) is 3.25. The van der Waals surface area contributed by atoms with Crippen molar-refractivity contribution in [2.24, 2.45) is 5.73 Å². The Hall–Kier alpha value is -3.34. The van der Waals surface area contributed by atoms with Gasteiger partial charge in [-0.3, -0.25) is 0 Å². The molecule has 0 unspecified atom stereocenters. The predicted octanol–water partition coefficient (Wildman–Crippen LogP) is 3.04. The Labute approximate surface area is 199 Å². The molecule has 5 heterocycles. The fourth-order valence-corrected chi connectivity index (χ4v) is 4.44. The first-order chi connectivity index (χ1) is 16.6. The molecule has 174 valence electrons. The second-order valence-electron chi connectivity index (χ2n) is 8.68. The summed E-state index contributed by atoms with van der Waals surface area (Å²) in [6.07, 6.45) is 11.8. The van der Waals surface area contributed by atoms with Crippen LogP contribution in [-0.2, 0) is 26.2 Å². The van der Waals surface area contributed by atoms with Gasteiger partial charge in [-0.25, -0.2) is 19.0 Å². The quantitative estimate of drug-likeness (QED) is 0.354. The van der Waals surface area contributed by atoms with Crippen LogP contribution >= 0.6 is 11.6 Å². The SMILES string of the molecule is NCc1cc(C2CC2)cn2cc(Cn3cc(CNCc4ncn5ccc(Cl)c(F)c45)nn3)nc12. The van der Waals surface area contributed by atoms with Crippen LogP contribution < -0.4 is 11.1 Å². The van der Waals surface area contributed by atoms with Crippen LogP contribution in [0.25, 0.3) is 11.2 Å².